The van der Waals surface area contributed by atoms with Crippen LogP contribution in [0.5, 0.6) is 0 Å². The first-order valence-corrected chi connectivity index (χ1v) is 12.9. The number of thiophene rings is 2. The predicted octanol–water partition coefficient (Wildman–Crippen LogP) is 7.24. The minimum atomic E-state index is -1.28. The Bertz CT molecular complexity index is 1380. The zero-order valence-electron chi connectivity index (χ0n) is 16.2. The van der Waals surface area contributed by atoms with Gasteiger partial charge < -0.3 is 5.73 Å². The fourth-order valence-corrected chi connectivity index (χ4v) is 6.89. The number of nitrogen functional groups attached to an aromatic ring is 1. The van der Waals surface area contributed by atoms with E-state index in [1.165, 1.54) is 11.3 Å². The van der Waals surface area contributed by atoms with Crippen LogP contribution in [-0.4, -0.2) is 9.19 Å². The van der Waals surface area contributed by atoms with Crippen molar-refractivity contribution in [3.05, 3.63) is 88.8 Å². The molecule has 1 atom stereocenters. The summed E-state index contributed by atoms with van der Waals surface area (Å²) in [6.07, 6.45) is 0. The Morgan fingerprint density at radius 1 is 1.00 bits per heavy atom. The van der Waals surface area contributed by atoms with Crippen LogP contribution in [0.25, 0.3) is 31.9 Å². The summed E-state index contributed by atoms with van der Waals surface area (Å²) in [5.41, 5.74) is 11.1. The fourth-order valence-electron chi connectivity index (χ4n) is 3.46. The van der Waals surface area contributed by atoms with E-state index in [-0.39, 0.29) is 0 Å². The molecule has 0 unspecified atom stereocenters. The van der Waals surface area contributed by atoms with E-state index in [2.05, 4.69) is 24.3 Å². The molecule has 2 aromatic carbocycles. The Morgan fingerprint density at radius 2 is 1.77 bits per heavy atom. The van der Waals surface area contributed by atoms with Gasteiger partial charge in [-0.05, 0) is 46.3 Å². The first-order valence-electron chi connectivity index (χ1n) is 9.55. The van der Waals surface area contributed by atoms with Gasteiger partial charge in [-0.15, -0.1) is 22.7 Å². The van der Waals surface area contributed by atoms with Gasteiger partial charge in [0.05, 0.1) is 32.8 Å². The van der Waals surface area contributed by atoms with E-state index in [0.29, 0.717) is 20.7 Å². The number of pyridine rings is 1. The highest BCUT2D eigenvalue weighted by atomic mass is 35.5. The highest BCUT2D eigenvalue weighted by molar-refractivity contribution is 7.87. The van der Waals surface area contributed by atoms with Crippen LogP contribution < -0.4 is 5.73 Å². The van der Waals surface area contributed by atoms with Crippen molar-refractivity contribution >= 4 is 61.0 Å². The van der Waals surface area contributed by atoms with Gasteiger partial charge in [-0.1, -0.05) is 60.1 Å². The highest BCUT2D eigenvalue weighted by Gasteiger charge is 2.21. The number of nitrogens with two attached hydrogens (primary N) is 1. The van der Waals surface area contributed by atoms with Gasteiger partial charge in [-0.25, -0.2) is 4.98 Å². The molecular weight excluding hydrogens is 464 g/mol. The number of hydrogen-bond acceptors (Lipinski definition) is 5. The Balaban J connectivity index is 1.65. The third-order valence-corrected chi connectivity index (χ3v) is 9.02. The van der Waals surface area contributed by atoms with E-state index in [1.807, 2.05) is 53.9 Å². The molecule has 3 nitrogen and oxygen atoms in total. The first kappa shape index (κ1) is 20.4. The van der Waals surface area contributed by atoms with Crippen LogP contribution in [0.4, 0.5) is 5.69 Å². The van der Waals surface area contributed by atoms with Gasteiger partial charge in [0, 0.05) is 10.4 Å². The number of rotatable bonds is 5. The lowest BCUT2D eigenvalue weighted by molar-refractivity contribution is 0.684. The minimum Gasteiger partial charge on any atom is -0.396 e. The van der Waals surface area contributed by atoms with Crippen LogP contribution in [-0.2, 0) is 16.6 Å². The zero-order chi connectivity index (χ0) is 21.4. The molecule has 3 heterocycles. The van der Waals surface area contributed by atoms with E-state index in [0.717, 1.165) is 37.5 Å². The Morgan fingerprint density at radius 3 is 2.48 bits per heavy atom. The molecule has 0 saturated heterocycles. The molecule has 31 heavy (non-hydrogen) atoms. The standard InChI is InChI=1S/C24H17ClN2OS3/c25-17-10-8-15(9-11-17)14-31(28)24-22(26)21-18(16-5-2-1-3-6-16)13-19(27-23(21)30-24)20-7-4-12-29-20/h1-13H,14,26H2/t31-/m1/s1. The second-order valence-corrected chi connectivity index (χ2v) is 11.0. The van der Waals surface area contributed by atoms with E-state index in [9.17, 15) is 4.21 Å². The van der Waals surface area contributed by atoms with Crippen molar-refractivity contribution in [2.24, 2.45) is 0 Å². The van der Waals surface area contributed by atoms with Gasteiger partial charge in [-0.2, -0.15) is 0 Å². The first-order chi connectivity index (χ1) is 15.1. The second-order valence-electron chi connectivity index (χ2n) is 7.00. The summed E-state index contributed by atoms with van der Waals surface area (Å²) in [6, 6.07) is 23.7. The lowest BCUT2D eigenvalue weighted by atomic mass is 10.0. The van der Waals surface area contributed by atoms with Crippen molar-refractivity contribution in [1.82, 2.24) is 4.98 Å². The molecule has 0 saturated carbocycles. The summed E-state index contributed by atoms with van der Waals surface area (Å²) in [6.45, 7) is 0. The second kappa shape index (κ2) is 8.55. The largest absolute Gasteiger partial charge is 0.396 e. The quantitative estimate of drug-likeness (QED) is 0.288. The molecule has 7 heteroatoms. The van der Waals surface area contributed by atoms with E-state index < -0.39 is 10.8 Å². The summed E-state index contributed by atoms with van der Waals surface area (Å²) in [7, 11) is -1.28. The molecule has 3 aromatic heterocycles. The highest BCUT2D eigenvalue weighted by Crippen LogP contribution is 2.43. The van der Waals surface area contributed by atoms with Crippen molar-refractivity contribution in [3.63, 3.8) is 0 Å². The van der Waals surface area contributed by atoms with Crippen LogP contribution >= 0.6 is 34.3 Å². The molecule has 0 aliphatic rings. The fraction of sp³-hybridized carbons (Fsp3) is 0.0417. The molecule has 0 fully saturated rings. The average Bonchev–Trinajstić information content (AvgIpc) is 3.44. The normalized spacial score (nSPS) is 12.3. The van der Waals surface area contributed by atoms with Crippen LogP contribution in [0.15, 0.2) is 82.4 Å². The number of halogens is 1. The minimum absolute atomic E-state index is 0.382. The van der Waals surface area contributed by atoms with Crippen molar-refractivity contribution < 1.29 is 4.21 Å². The SMILES string of the molecule is Nc1c([S@](=O)Cc2ccc(Cl)cc2)sc2nc(-c3cccs3)cc(-c3ccccc3)c12. The number of fused-ring (bicyclic) bond motifs is 1. The average molecular weight is 481 g/mol. The van der Waals surface area contributed by atoms with E-state index in [1.54, 1.807) is 11.3 Å². The van der Waals surface area contributed by atoms with Crippen LogP contribution in [0, 0.1) is 0 Å². The molecule has 0 amide bonds. The van der Waals surface area contributed by atoms with Gasteiger partial charge in [0.25, 0.3) is 0 Å². The van der Waals surface area contributed by atoms with E-state index >= 15 is 0 Å². The summed E-state index contributed by atoms with van der Waals surface area (Å²) < 4.78 is 13.9. The van der Waals surface area contributed by atoms with Gasteiger partial charge in [0.15, 0.2) is 0 Å². The number of aromatic nitrogens is 1. The topological polar surface area (TPSA) is 56.0 Å². The lowest BCUT2D eigenvalue weighted by Gasteiger charge is -2.08. The Hall–Kier alpha value is -2.51. The molecule has 0 aliphatic heterocycles. The summed E-state index contributed by atoms with van der Waals surface area (Å²) in [5, 5.41) is 3.57. The third-order valence-electron chi connectivity index (χ3n) is 4.94. The Labute approximate surface area is 195 Å². The smallest absolute Gasteiger partial charge is 0.127 e. The van der Waals surface area contributed by atoms with Crippen LogP contribution in [0.2, 0.25) is 5.02 Å². The van der Waals surface area contributed by atoms with E-state index in [4.69, 9.17) is 22.3 Å². The number of benzene rings is 2. The predicted molar refractivity (Wildman–Crippen MR) is 134 cm³/mol. The maximum absolute atomic E-state index is 13.2. The monoisotopic (exact) mass is 480 g/mol. The molecule has 154 valence electrons. The van der Waals surface area contributed by atoms with Crippen molar-refractivity contribution in [1.29, 1.82) is 0 Å². The Kier molecular flexibility index (Phi) is 5.63. The van der Waals surface area contributed by atoms with Crippen molar-refractivity contribution in [2.75, 3.05) is 5.73 Å². The lowest BCUT2D eigenvalue weighted by Crippen LogP contribution is -1.98. The molecule has 5 aromatic rings. The summed E-state index contributed by atoms with van der Waals surface area (Å²) in [5.74, 6) is 0.382. The molecular formula is C24H17ClN2OS3. The van der Waals surface area contributed by atoms with Gasteiger partial charge in [0.2, 0.25) is 0 Å². The van der Waals surface area contributed by atoms with Crippen LogP contribution in [0.1, 0.15) is 5.56 Å². The molecule has 0 radical (unpaired) electrons. The summed E-state index contributed by atoms with van der Waals surface area (Å²) in [4.78, 5) is 6.78. The molecule has 0 aliphatic carbocycles. The number of nitrogens with zero attached hydrogens (tertiary/aromatic N) is 1. The van der Waals surface area contributed by atoms with Crippen LogP contribution in [0.3, 0.4) is 0 Å². The van der Waals surface area contributed by atoms with Gasteiger partial charge in [-0.3, -0.25) is 4.21 Å². The molecule has 0 spiro atoms. The van der Waals surface area contributed by atoms with Crippen molar-refractivity contribution in [2.45, 2.75) is 9.96 Å². The summed E-state index contributed by atoms with van der Waals surface area (Å²) >= 11 is 9.04. The third kappa shape index (κ3) is 4.04. The number of anilines is 1. The van der Waals surface area contributed by atoms with Crippen molar-refractivity contribution in [3.8, 4) is 21.7 Å². The zero-order valence-corrected chi connectivity index (χ0v) is 19.5. The molecule has 5 rings (SSSR count). The molecule has 0 bridgehead atoms. The van der Waals surface area contributed by atoms with Gasteiger partial charge >= 0.3 is 0 Å². The maximum atomic E-state index is 13.2. The van der Waals surface area contributed by atoms with Gasteiger partial charge in [0.1, 0.15) is 9.04 Å². The molecule has 2 N–H and O–H groups in total. The number of hydrogen-bond donors (Lipinski definition) is 1. The maximum Gasteiger partial charge on any atom is 0.127 e.